The molecule has 1 heterocycles. The molecule has 0 radical (unpaired) electrons. The van der Waals surface area contributed by atoms with Crippen molar-refractivity contribution in [1.29, 1.82) is 5.41 Å². The third-order valence-corrected chi connectivity index (χ3v) is 3.28. The van der Waals surface area contributed by atoms with E-state index in [1.807, 2.05) is 0 Å². The topological polar surface area (TPSA) is 64.6 Å². The maximum Gasteiger partial charge on any atom is 0.426 e. The Morgan fingerprint density at radius 1 is 1.61 bits per heavy atom. The molecule has 2 rings (SSSR count). The van der Waals surface area contributed by atoms with Gasteiger partial charge >= 0.3 is 12.2 Å². The van der Waals surface area contributed by atoms with Gasteiger partial charge in [-0.3, -0.25) is 4.79 Å². The van der Waals surface area contributed by atoms with Gasteiger partial charge in [0.05, 0.1) is 0 Å². The van der Waals surface area contributed by atoms with Crippen molar-refractivity contribution in [3.63, 3.8) is 0 Å². The van der Waals surface area contributed by atoms with E-state index < -0.39 is 0 Å². The quantitative estimate of drug-likeness (QED) is 0.352. The number of allylic oxidation sites excluding steroid dienone is 3. The van der Waals surface area contributed by atoms with Crippen LogP contribution in [0, 0.1) is 17.2 Å². The SMILES string of the molecule is C=C1N=C[O+]=C1C(=O)C=C1CC(C)CC(C=N)C1. The number of carbonyl (C=O) groups is 1. The maximum atomic E-state index is 12.0. The number of hydrogen-bond acceptors (Lipinski definition) is 3. The molecule has 2 unspecified atom stereocenters. The van der Waals surface area contributed by atoms with E-state index in [1.54, 1.807) is 6.08 Å². The second-order valence-corrected chi connectivity index (χ2v) is 4.97. The fraction of sp³-hybridized carbons (Fsp3) is 0.429. The summed E-state index contributed by atoms with van der Waals surface area (Å²) in [6.45, 7) is 5.80. The van der Waals surface area contributed by atoms with Gasteiger partial charge in [0.25, 0.3) is 5.78 Å². The van der Waals surface area contributed by atoms with Gasteiger partial charge in [0.1, 0.15) is 0 Å². The second-order valence-electron chi connectivity index (χ2n) is 4.97. The van der Waals surface area contributed by atoms with Crippen molar-refractivity contribution in [2.45, 2.75) is 26.2 Å². The van der Waals surface area contributed by atoms with Crippen molar-refractivity contribution in [3.8, 4) is 0 Å². The average molecular weight is 245 g/mol. The largest absolute Gasteiger partial charge is 0.426 e. The molecule has 94 valence electrons. The van der Waals surface area contributed by atoms with E-state index in [9.17, 15) is 4.79 Å². The first-order chi connectivity index (χ1) is 8.60. The van der Waals surface area contributed by atoms with Crippen LogP contribution in [0.25, 0.3) is 0 Å². The number of rotatable bonds is 3. The Hall–Kier alpha value is -1.84. The lowest BCUT2D eigenvalue weighted by molar-refractivity contribution is -0.298. The molecule has 1 N–H and O–H groups in total. The van der Waals surface area contributed by atoms with E-state index in [1.165, 1.54) is 12.6 Å². The highest BCUT2D eigenvalue weighted by Crippen LogP contribution is 2.31. The summed E-state index contributed by atoms with van der Waals surface area (Å²) in [5.74, 6) is 0.803. The Bertz CT molecular complexity index is 486. The van der Waals surface area contributed by atoms with Crippen LogP contribution in [0.3, 0.4) is 0 Å². The molecule has 0 amide bonds. The van der Waals surface area contributed by atoms with E-state index in [0.29, 0.717) is 11.6 Å². The highest BCUT2D eigenvalue weighted by molar-refractivity contribution is 6.48. The zero-order chi connectivity index (χ0) is 13.1. The minimum atomic E-state index is -0.176. The molecule has 4 heteroatoms. The Kier molecular flexibility index (Phi) is 3.65. The number of carbonyl (C=O) groups excluding carboxylic acids is 2. The smallest absolute Gasteiger partial charge is 0.313 e. The molecule has 2 aliphatic rings. The van der Waals surface area contributed by atoms with Crippen LogP contribution >= 0.6 is 0 Å². The minimum Gasteiger partial charge on any atom is -0.313 e. The third kappa shape index (κ3) is 2.70. The number of ketones is 2. The van der Waals surface area contributed by atoms with Crippen LogP contribution in [0.2, 0.25) is 0 Å². The Morgan fingerprint density at radius 3 is 3.00 bits per heavy atom. The van der Waals surface area contributed by atoms with Crippen LogP contribution in [-0.4, -0.2) is 24.2 Å². The Labute approximate surface area is 106 Å². The normalized spacial score (nSPS) is 29.5. The van der Waals surface area contributed by atoms with E-state index in [2.05, 4.69) is 18.5 Å². The lowest BCUT2D eigenvalue weighted by atomic mass is 9.79. The number of nitrogens with zero attached hydrogens (tertiary/aromatic N) is 1. The molecule has 0 aromatic heterocycles. The summed E-state index contributed by atoms with van der Waals surface area (Å²) in [5.41, 5.74) is 1.47. The molecule has 0 aromatic rings. The summed E-state index contributed by atoms with van der Waals surface area (Å²) in [5, 5.41) is 7.36. The summed E-state index contributed by atoms with van der Waals surface area (Å²) in [6, 6.07) is 0. The molecule has 0 spiro atoms. The van der Waals surface area contributed by atoms with Gasteiger partial charge in [-0.2, -0.15) is 9.42 Å². The van der Waals surface area contributed by atoms with Crippen molar-refractivity contribution in [3.05, 3.63) is 23.9 Å². The van der Waals surface area contributed by atoms with E-state index >= 15 is 0 Å². The van der Waals surface area contributed by atoms with E-state index in [-0.39, 0.29) is 17.5 Å². The molecule has 2 atom stereocenters. The highest BCUT2D eigenvalue weighted by Gasteiger charge is 2.30. The highest BCUT2D eigenvalue weighted by atomic mass is 16.4. The predicted molar refractivity (Wildman–Crippen MR) is 71.0 cm³/mol. The van der Waals surface area contributed by atoms with Crippen molar-refractivity contribution in [1.82, 2.24) is 0 Å². The van der Waals surface area contributed by atoms with Crippen LogP contribution in [0.5, 0.6) is 0 Å². The predicted octanol–water partition coefficient (Wildman–Crippen LogP) is 2.23. The molecule has 1 aliphatic heterocycles. The molecule has 1 saturated carbocycles. The Balaban J connectivity index is 2.10. The van der Waals surface area contributed by atoms with E-state index in [4.69, 9.17) is 9.83 Å². The minimum absolute atomic E-state index is 0.176. The molecule has 0 saturated heterocycles. The second kappa shape index (κ2) is 5.21. The van der Waals surface area contributed by atoms with Gasteiger partial charge in [0.15, 0.2) is 5.70 Å². The molecule has 1 aliphatic carbocycles. The fourth-order valence-electron chi connectivity index (χ4n) is 2.52. The Morgan fingerprint density at radius 2 is 2.39 bits per heavy atom. The zero-order valence-corrected chi connectivity index (χ0v) is 10.5. The average Bonchev–Trinajstić information content (AvgIpc) is 2.74. The lowest BCUT2D eigenvalue weighted by Crippen LogP contribution is -2.19. The molecule has 0 aromatic carbocycles. The summed E-state index contributed by atoms with van der Waals surface area (Å²) in [4.78, 5) is 15.8. The van der Waals surface area contributed by atoms with Crippen LogP contribution in [0.4, 0.5) is 0 Å². The molecular formula is C14H17N2O2+. The number of nitrogens with one attached hydrogen (secondary N) is 1. The summed E-state index contributed by atoms with van der Waals surface area (Å²) in [7, 11) is 0. The van der Waals surface area contributed by atoms with Crippen molar-refractivity contribution in [2.75, 3.05) is 0 Å². The summed E-state index contributed by atoms with van der Waals surface area (Å²) in [6.07, 6.45) is 7.07. The first-order valence-electron chi connectivity index (χ1n) is 6.10. The molecule has 4 nitrogen and oxygen atoms in total. The maximum absolute atomic E-state index is 12.0. The standard InChI is InChI=1S/C14H17N2O2/c1-9-3-11(5-12(4-9)7-15)6-13(17)14-10(2)16-8-18-14/h6-9,12,15H,2-5H2,1H3/q+1. The molecule has 0 bridgehead atoms. The zero-order valence-electron chi connectivity index (χ0n) is 10.5. The molecule has 18 heavy (non-hydrogen) atoms. The van der Waals surface area contributed by atoms with Gasteiger partial charge < -0.3 is 5.41 Å². The molecular weight excluding hydrogens is 228 g/mol. The lowest BCUT2D eigenvalue weighted by Gasteiger charge is -2.25. The van der Waals surface area contributed by atoms with Crippen LogP contribution in [-0.2, 0) is 9.22 Å². The van der Waals surface area contributed by atoms with Gasteiger partial charge in [-0.25, -0.2) is 0 Å². The fourth-order valence-corrected chi connectivity index (χ4v) is 2.52. The van der Waals surface area contributed by atoms with Gasteiger partial charge in [0, 0.05) is 0 Å². The van der Waals surface area contributed by atoms with Crippen molar-refractivity contribution < 1.29 is 9.22 Å². The van der Waals surface area contributed by atoms with Crippen molar-refractivity contribution >= 4 is 24.2 Å². The van der Waals surface area contributed by atoms with Gasteiger partial charge in [-0.1, -0.05) is 19.1 Å². The van der Waals surface area contributed by atoms with Crippen LogP contribution < -0.4 is 0 Å². The van der Waals surface area contributed by atoms with E-state index in [0.717, 1.165) is 24.8 Å². The molecule has 1 fully saturated rings. The van der Waals surface area contributed by atoms with Crippen LogP contribution in [0.1, 0.15) is 26.2 Å². The first-order valence-corrected chi connectivity index (χ1v) is 6.10. The summed E-state index contributed by atoms with van der Waals surface area (Å²) < 4.78 is 5.04. The van der Waals surface area contributed by atoms with Crippen LogP contribution in [0.15, 0.2) is 28.9 Å². The van der Waals surface area contributed by atoms with Crippen molar-refractivity contribution in [2.24, 2.45) is 16.8 Å². The van der Waals surface area contributed by atoms with Gasteiger partial charge in [-0.05, 0) is 43.4 Å². The number of hydrogen-bond donors (Lipinski definition) is 1. The van der Waals surface area contributed by atoms with Gasteiger partial charge in [-0.15, -0.1) is 0 Å². The first kappa shape index (κ1) is 12.6. The summed E-state index contributed by atoms with van der Waals surface area (Å²) >= 11 is 0. The van der Waals surface area contributed by atoms with Gasteiger partial charge in [0.2, 0.25) is 0 Å². The monoisotopic (exact) mass is 245 g/mol. The third-order valence-electron chi connectivity index (χ3n) is 3.28. The number of aliphatic imine (C=N–C) groups is 1.